The van der Waals surface area contributed by atoms with Crippen LogP contribution in [-0.2, 0) is 0 Å². The van der Waals surface area contributed by atoms with E-state index < -0.39 is 0 Å². The topological polar surface area (TPSA) is 52.6 Å². The number of benzene rings is 5. The van der Waals surface area contributed by atoms with E-state index in [0.717, 1.165) is 16.7 Å². The summed E-state index contributed by atoms with van der Waals surface area (Å²) in [4.78, 5) is 25.5. The first-order valence-electron chi connectivity index (χ1n) is 12.3. The first kappa shape index (κ1) is 24.7. The molecular formula is C34H26O4. The maximum Gasteiger partial charge on any atom is 0.193 e. The Kier molecular flexibility index (Phi) is 7.14. The van der Waals surface area contributed by atoms with Gasteiger partial charge < -0.3 is 9.47 Å². The third-order valence-electron chi connectivity index (χ3n) is 6.35. The molecule has 4 nitrogen and oxygen atoms in total. The molecule has 0 radical (unpaired) electrons. The molecular weight excluding hydrogens is 472 g/mol. The monoisotopic (exact) mass is 498 g/mol. The van der Waals surface area contributed by atoms with Gasteiger partial charge in [0.25, 0.3) is 0 Å². The lowest BCUT2D eigenvalue weighted by molar-refractivity contribution is 0.103. The number of aryl methyl sites for hydroxylation is 1. The average molecular weight is 499 g/mol. The van der Waals surface area contributed by atoms with Crippen molar-refractivity contribution >= 4 is 11.6 Å². The van der Waals surface area contributed by atoms with Crippen molar-refractivity contribution in [1.29, 1.82) is 0 Å². The second-order valence-electron chi connectivity index (χ2n) is 8.98. The normalized spacial score (nSPS) is 10.6. The molecule has 0 saturated carbocycles. The minimum atomic E-state index is -0.0601. The van der Waals surface area contributed by atoms with Gasteiger partial charge in [-0.2, -0.15) is 0 Å². The molecule has 0 bridgehead atoms. The molecule has 0 unspecified atom stereocenters. The van der Waals surface area contributed by atoms with Gasteiger partial charge in [-0.1, -0.05) is 66.2 Å². The molecule has 0 aliphatic heterocycles. The van der Waals surface area contributed by atoms with Gasteiger partial charge in [0.2, 0.25) is 0 Å². The van der Waals surface area contributed by atoms with Crippen LogP contribution in [0, 0.1) is 6.92 Å². The van der Waals surface area contributed by atoms with E-state index >= 15 is 0 Å². The Hall–Kier alpha value is -4.96. The molecule has 5 rings (SSSR count). The summed E-state index contributed by atoms with van der Waals surface area (Å²) < 4.78 is 11.1. The standard InChI is InChI=1S/C34H26O4/c1-23-3-5-26(6-4-23)33(35)27-9-7-24(8-10-27)25-11-19-31(20-12-25)38-32-21-15-29(16-22-32)34(36)28-13-17-30(37-2)18-14-28/h3-22H,1-2H3. The number of ether oxygens (including phenoxy) is 2. The summed E-state index contributed by atoms with van der Waals surface area (Å²) in [5, 5.41) is 0. The summed E-state index contributed by atoms with van der Waals surface area (Å²) in [6, 6.07) is 37.1. The lowest BCUT2D eigenvalue weighted by Gasteiger charge is -2.09. The zero-order chi connectivity index (χ0) is 26.5. The fourth-order valence-corrected chi connectivity index (χ4v) is 4.12. The van der Waals surface area contributed by atoms with Crippen LogP contribution in [0.1, 0.15) is 37.4 Å². The highest BCUT2D eigenvalue weighted by Crippen LogP contribution is 2.27. The second-order valence-corrected chi connectivity index (χ2v) is 8.98. The Labute approximate surface area is 222 Å². The predicted molar refractivity (Wildman–Crippen MR) is 149 cm³/mol. The van der Waals surface area contributed by atoms with Crippen molar-refractivity contribution in [2.75, 3.05) is 7.11 Å². The van der Waals surface area contributed by atoms with Crippen LogP contribution < -0.4 is 9.47 Å². The summed E-state index contributed by atoms with van der Waals surface area (Å²) in [5.41, 5.74) is 5.69. The van der Waals surface area contributed by atoms with E-state index in [4.69, 9.17) is 9.47 Å². The Morgan fingerprint density at radius 2 is 0.763 bits per heavy atom. The summed E-state index contributed by atoms with van der Waals surface area (Å²) in [5.74, 6) is 1.99. The molecule has 0 aliphatic rings. The highest BCUT2D eigenvalue weighted by molar-refractivity contribution is 6.09. The Morgan fingerprint density at radius 1 is 0.447 bits per heavy atom. The van der Waals surface area contributed by atoms with Crippen molar-refractivity contribution in [3.8, 4) is 28.4 Å². The van der Waals surface area contributed by atoms with Gasteiger partial charge in [-0.05, 0) is 78.7 Å². The maximum atomic E-state index is 12.7. The molecule has 0 N–H and O–H groups in total. The van der Waals surface area contributed by atoms with E-state index in [9.17, 15) is 9.59 Å². The number of carbonyl (C=O) groups excluding carboxylic acids is 2. The third kappa shape index (κ3) is 5.55. The van der Waals surface area contributed by atoms with Gasteiger partial charge in [0.05, 0.1) is 7.11 Å². The predicted octanol–water partition coefficient (Wildman–Crippen LogP) is 7.92. The molecule has 38 heavy (non-hydrogen) atoms. The first-order chi connectivity index (χ1) is 18.5. The van der Waals surface area contributed by atoms with Gasteiger partial charge in [0, 0.05) is 22.3 Å². The fraction of sp³-hybridized carbons (Fsp3) is 0.0588. The average Bonchev–Trinajstić information content (AvgIpc) is 2.98. The Balaban J connectivity index is 1.23. The van der Waals surface area contributed by atoms with Crippen LogP contribution in [0.25, 0.3) is 11.1 Å². The zero-order valence-corrected chi connectivity index (χ0v) is 21.2. The van der Waals surface area contributed by atoms with E-state index in [1.165, 1.54) is 0 Å². The molecule has 5 aromatic rings. The molecule has 0 atom stereocenters. The highest BCUT2D eigenvalue weighted by Gasteiger charge is 2.11. The summed E-state index contributed by atoms with van der Waals surface area (Å²) >= 11 is 0. The van der Waals surface area contributed by atoms with E-state index in [1.54, 1.807) is 55.6 Å². The smallest absolute Gasteiger partial charge is 0.193 e. The van der Waals surface area contributed by atoms with Gasteiger partial charge in [-0.15, -0.1) is 0 Å². The molecule has 0 saturated heterocycles. The lowest BCUT2D eigenvalue weighted by Crippen LogP contribution is -2.01. The van der Waals surface area contributed by atoms with Gasteiger partial charge in [0.15, 0.2) is 11.6 Å². The number of hydrogen-bond acceptors (Lipinski definition) is 4. The van der Waals surface area contributed by atoms with Crippen molar-refractivity contribution in [3.05, 3.63) is 149 Å². The Morgan fingerprint density at radius 3 is 1.18 bits per heavy atom. The van der Waals surface area contributed by atoms with Gasteiger partial charge in [0.1, 0.15) is 17.2 Å². The largest absolute Gasteiger partial charge is 0.497 e. The number of ketones is 2. The molecule has 4 heteroatoms. The van der Waals surface area contributed by atoms with Crippen LogP contribution in [0.2, 0.25) is 0 Å². The van der Waals surface area contributed by atoms with Crippen molar-refractivity contribution < 1.29 is 19.1 Å². The van der Waals surface area contributed by atoms with Crippen molar-refractivity contribution in [3.63, 3.8) is 0 Å². The maximum absolute atomic E-state index is 12.7. The fourth-order valence-electron chi connectivity index (χ4n) is 4.12. The van der Waals surface area contributed by atoms with E-state index in [1.807, 2.05) is 79.7 Å². The van der Waals surface area contributed by atoms with Gasteiger partial charge in [-0.25, -0.2) is 0 Å². The third-order valence-corrected chi connectivity index (χ3v) is 6.35. The molecule has 186 valence electrons. The van der Waals surface area contributed by atoms with Crippen LogP contribution >= 0.6 is 0 Å². The molecule has 0 fully saturated rings. The number of hydrogen-bond donors (Lipinski definition) is 0. The molecule has 0 amide bonds. The quantitative estimate of drug-likeness (QED) is 0.204. The molecule has 0 aromatic heterocycles. The van der Waals surface area contributed by atoms with Crippen LogP contribution in [-0.4, -0.2) is 18.7 Å². The van der Waals surface area contributed by atoms with Crippen LogP contribution in [0.5, 0.6) is 17.2 Å². The first-order valence-corrected chi connectivity index (χ1v) is 12.3. The molecule has 0 spiro atoms. The summed E-state index contributed by atoms with van der Waals surface area (Å²) in [6.07, 6.45) is 0. The van der Waals surface area contributed by atoms with E-state index in [-0.39, 0.29) is 11.6 Å². The minimum Gasteiger partial charge on any atom is -0.497 e. The SMILES string of the molecule is COc1ccc(C(=O)c2ccc(Oc3ccc(-c4ccc(C(=O)c5ccc(C)cc5)cc4)cc3)cc2)cc1. The van der Waals surface area contributed by atoms with Crippen LogP contribution in [0.15, 0.2) is 121 Å². The molecule has 0 aliphatic carbocycles. The second kappa shape index (κ2) is 11.0. The van der Waals surface area contributed by atoms with Crippen molar-refractivity contribution in [2.24, 2.45) is 0 Å². The number of methoxy groups -OCH3 is 1. The van der Waals surface area contributed by atoms with Crippen LogP contribution in [0.4, 0.5) is 0 Å². The minimum absolute atomic E-state index is 0.0111. The van der Waals surface area contributed by atoms with Gasteiger partial charge in [-0.3, -0.25) is 9.59 Å². The lowest BCUT2D eigenvalue weighted by atomic mass is 9.99. The van der Waals surface area contributed by atoms with Crippen LogP contribution in [0.3, 0.4) is 0 Å². The van der Waals surface area contributed by atoms with Crippen molar-refractivity contribution in [1.82, 2.24) is 0 Å². The number of rotatable bonds is 8. The van der Waals surface area contributed by atoms with Gasteiger partial charge >= 0.3 is 0 Å². The van der Waals surface area contributed by atoms with E-state index in [0.29, 0.717) is 39.5 Å². The highest BCUT2D eigenvalue weighted by atomic mass is 16.5. The molecule has 5 aromatic carbocycles. The molecule has 0 heterocycles. The Bertz CT molecular complexity index is 1550. The summed E-state index contributed by atoms with van der Waals surface area (Å²) in [7, 11) is 1.59. The van der Waals surface area contributed by atoms with E-state index in [2.05, 4.69) is 0 Å². The van der Waals surface area contributed by atoms with Crippen molar-refractivity contribution in [2.45, 2.75) is 6.92 Å². The zero-order valence-electron chi connectivity index (χ0n) is 21.2. The number of carbonyl (C=O) groups is 2. The summed E-state index contributed by atoms with van der Waals surface area (Å²) in [6.45, 7) is 2.00.